The highest BCUT2D eigenvalue weighted by Gasteiger charge is 2.13. The summed E-state index contributed by atoms with van der Waals surface area (Å²) in [5.41, 5.74) is 3.97. The van der Waals surface area contributed by atoms with Crippen molar-refractivity contribution >= 4 is 29.2 Å². The fourth-order valence-corrected chi connectivity index (χ4v) is 4.19. The molecule has 1 fully saturated rings. The molecular formula is C20H23N3O2S. The van der Waals surface area contributed by atoms with E-state index in [1.54, 1.807) is 11.8 Å². The van der Waals surface area contributed by atoms with Crippen molar-refractivity contribution in [3.63, 3.8) is 0 Å². The largest absolute Gasteiger partial charge is 0.378 e. The summed E-state index contributed by atoms with van der Waals surface area (Å²) in [5, 5.41) is 2.88. The predicted octanol–water partition coefficient (Wildman–Crippen LogP) is 3.14. The van der Waals surface area contributed by atoms with Gasteiger partial charge >= 0.3 is 0 Å². The molecule has 1 aromatic heterocycles. The lowest BCUT2D eigenvalue weighted by Gasteiger charge is -2.28. The molecule has 4 rings (SSSR count). The molecule has 0 unspecified atom stereocenters. The topological polar surface area (TPSA) is 54.5 Å². The number of rotatable bonds is 5. The number of amides is 1. The van der Waals surface area contributed by atoms with Crippen molar-refractivity contribution in [3.8, 4) is 0 Å². The second-order valence-electron chi connectivity index (χ2n) is 6.62. The normalized spacial score (nSPS) is 16.4. The maximum Gasteiger partial charge on any atom is 0.235 e. The summed E-state index contributed by atoms with van der Waals surface area (Å²) in [4.78, 5) is 20.0. The maximum atomic E-state index is 12.2. The van der Waals surface area contributed by atoms with Gasteiger partial charge in [0.15, 0.2) is 0 Å². The number of hydrogen-bond acceptors (Lipinski definition) is 5. The summed E-state index contributed by atoms with van der Waals surface area (Å²) in [7, 11) is 0. The summed E-state index contributed by atoms with van der Waals surface area (Å²) >= 11 is 1.58. The van der Waals surface area contributed by atoms with Crippen LogP contribution in [0.15, 0.2) is 41.4 Å². The van der Waals surface area contributed by atoms with Gasteiger partial charge in [0.2, 0.25) is 5.91 Å². The Morgan fingerprint density at radius 2 is 2.00 bits per heavy atom. The quantitative estimate of drug-likeness (QED) is 0.821. The third kappa shape index (κ3) is 4.19. The fourth-order valence-electron chi connectivity index (χ4n) is 3.43. The number of carbonyl (C=O) groups is 1. The van der Waals surface area contributed by atoms with Gasteiger partial charge in [-0.1, -0.05) is 6.07 Å². The average Bonchev–Trinajstić information content (AvgIpc) is 3.15. The molecule has 1 aromatic carbocycles. The van der Waals surface area contributed by atoms with E-state index in [0.29, 0.717) is 11.6 Å². The Hall–Kier alpha value is -2.05. The average molecular weight is 369 g/mol. The molecule has 1 saturated heterocycles. The Labute approximate surface area is 158 Å². The molecule has 2 aromatic rings. The van der Waals surface area contributed by atoms with Crippen LogP contribution >= 0.6 is 11.8 Å². The Kier molecular flexibility index (Phi) is 5.41. The molecule has 0 spiro atoms. The molecule has 0 saturated carbocycles. The van der Waals surface area contributed by atoms with Crippen LogP contribution < -0.4 is 10.2 Å². The minimum absolute atomic E-state index is 0.0258. The van der Waals surface area contributed by atoms with E-state index in [0.717, 1.165) is 43.3 Å². The summed E-state index contributed by atoms with van der Waals surface area (Å²) in [5.74, 6) is 0.967. The zero-order valence-electron chi connectivity index (χ0n) is 14.7. The van der Waals surface area contributed by atoms with Gasteiger partial charge < -0.3 is 15.0 Å². The summed E-state index contributed by atoms with van der Waals surface area (Å²) in [6, 6.07) is 10.4. The first kappa shape index (κ1) is 17.4. The molecule has 1 amide bonds. The van der Waals surface area contributed by atoms with Crippen LogP contribution in [-0.4, -0.2) is 42.9 Å². The molecule has 0 radical (unpaired) electrons. The van der Waals surface area contributed by atoms with Gasteiger partial charge in [0, 0.05) is 18.0 Å². The minimum atomic E-state index is -0.0258. The highest BCUT2D eigenvalue weighted by Crippen LogP contribution is 2.27. The van der Waals surface area contributed by atoms with Crippen molar-refractivity contribution in [3.05, 3.63) is 47.7 Å². The van der Waals surface area contributed by atoms with E-state index >= 15 is 0 Å². The van der Waals surface area contributed by atoms with Crippen LogP contribution in [0.2, 0.25) is 0 Å². The molecule has 26 heavy (non-hydrogen) atoms. The molecular weight excluding hydrogens is 346 g/mol. The smallest absolute Gasteiger partial charge is 0.235 e. The van der Waals surface area contributed by atoms with Crippen LogP contribution in [-0.2, 0) is 22.4 Å². The van der Waals surface area contributed by atoms with Crippen molar-refractivity contribution in [1.82, 2.24) is 4.98 Å². The molecule has 1 aliphatic heterocycles. The van der Waals surface area contributed by atoms with Crippen molar-refractivity contribution in [2.75, 3.05) is 42.3 Å². The number of benzene rings is 1. The minimum Gasteiger partial charge on any atom is -0.378 e. The number of aromatic nitrogens is 1. The number of nitrogens with one attached hydrogen (secondary N) is 1. The Bertz CT molecular complexity index is 773. The third-order valence-corrected chi connectivity index (χ3v) is 5.83. The SMILES string of the molecule is O=C(CSc1ccc2c(c1)CCC2)Nc1ccc(N2CCOCC2)cn1. The van der Waals surface area contributed by atoms with Crippen molar-refractivity contribution in [1.29, 1.82) is 0 Å². The van der Waals surface area contributed by atoms with E-state index in [-0.39, 0.29) is 5.91 Å². The van der Waals surface area contributed by atoms with Crippen molar-refractivity contribution in [2.24, 2.45) is 0 Å². The number of ether oxygens (including phenoxy) is 1. The van der Waals surface area contributed by atoms with Crippen LogP contribution in [0, 0.1) is 0 Å². The second-order valence-corrected chi connectivity index (χ2v) is 7.67. The fraction of sp³-hybridized carbons (Fsp3) is 0.400. The first-order chi connectivity index (χ1) is 12.8. The molecule has 0 bridgehead atoms. The van der Waals surface area contributed by atoms with E-state index in [4.69, 9.17) is 4.74 Å². The number of hydrogen-bond donors (Lipinski definition) is 1. The molecule has 0 atom stereocenters. The molecule has 1 aliphatic carbocycles. The number of fused-ring (bicyclic) bond motifs is 1. The van der Waals surface area contributed by atoms with Crippen molar-refractivity contribution in [2.45, 2.75) is 24.2 Å². The predicted molar refractivity (Wildman–Crippen MR) is 105 cm³/mol. The van der Waals surface area contributed by atoms with E-state index in [1.807, 2.05) is 18.3 Å². The molecule has 1 N–H and O–H groups in total. The first-order valence-electron chi connectivity index (χ1n) is 9.11. The van der Waals surface area contributed by atoms with Gasteiger partial charge in [0.25, 0.3) is 0 Å². The van der Waals surface area contributed by atoms with Crippen LogP contribution in [0.25, 0.3) is 0 Å². The van der Waals surface area contributed by atoms with Gasteiger partial charge in [0.1, 0.15) is 5.82 Å². The van der Waals surface area contributed by atoms with E-state index in [9.17, 15) is 4.79 Å². The summed E-state index contributed by atoms with van der Waals surface area (Å²) < 4.78 is 5.36. The molecule has 2 aliphatic rings. The molecule has 5 nitrogen and oxygen atoms in total. The number of morpholine rings is 1. The monoisotopic (exact) mass is 369 g/mol. The maximum absolute atomic E-state index is 12.2. The zero-order chi connectivity index (χ0) is 17.8. The number of thioether (sulfide) groups is 1. The number of pyridine rings is 1. The zero-order valence-corrected chi connectivity index (χ0v) is 15.6. The number of carbonyl (C=O) groups excluding carboxylic acids is 1. The van der Waals surface area contributed by atoms with Crippen LogP contribution in [0.4, 0.5) is 11.5 Å². The molecule has 6 heteroatoms. The summed E-state index contributed by atoms with van der Waals surface area (Å²) in [6.45, 7) is 3.26. The van der Waals surface area contributed by atoms with Gasteiger partial charge in [-0.05, 0) is 54.7 Å². The van der Waals surface area contributed by atoms with Gasteiger partial charge in [-0.2, -0.15) is 0 Å². The van der Waals surface area contributed by atoms with Gasteiger partial charge in [-0.3, -0.25) is 4.79 Å². The van der Waals surface area contributed by atoms with Gasteiger partial charge in [-0.25, -0.2) is 4.98 Å². The van der Waals surface area contributed by atoms with E-state index < -0.39 is 0 Å². The lowest BCUT2D eigenvalue weighted by molar-refractivity contribution is -0.113. The standard InChI is InChI=1S/C20H23N3O2S/c24-20(14-26-18-6-4-15-2-1-3-16(15)12-18)22-19-7-5-17(13-21-19)23-8-10-25-11-9-23/h4-7,12-13H,1-3,8-11,14H2,(H,21,22,24). The highest BCUT2D eigenvalue weighted by atomic mass is 32.2. The van der Waals surface area contributed by atoms with Crippen LogP contribution in [0.1, 0.15) is 17.5 Å². The van der Waals surface area contributed by atoms with Gasteiger partial charge in [0.05, 0.1) is 30.9 Å². The second kappa shape index (κ2) is 8.10. The van der Waals surface area contributed by atoms with Crippen LogP contribution in [0.3, 0.4) is 0 Å². The lowest BCUT2D eigenvalue weighted by Crippen LogP contribution is -2.36. The first-order valence-corrected chi connectivity index (χ1v) is 10.1. The third-order valence-electron chi connectivity index (χ3n) is 4.83. The Morgan fingerprint density at radius 1 is 1.15 bits per heavy atom. The van der Waals surface area contributed by atoms with E-state index in [2.05, 4.69) is 33.4 Å². The van der Waals surface area contributed by atoms with E-state index in [1.165, 1.54) is 24.0 Å². The van der Waals surface area contributed by atoms with Gasteiger partial charge in [-0.15, -0.1) is 11.8 Å². The Morgan fingerprint density at radius 3 is 2.81 bits per heavy atom. The van der Waals surface area contributed by atoms with Crippen LogP contribution in [0.5, 0.6) is 0 Å². The van der Waals surface area contributed by atoms with Crippen molar-refractivity contribution < 1.29 is 9.53 Å². The number of nitrogens with zero attached hydrogens (tertiary/aromatic N) is 2. The molecule has 2 heterocycles. The number of aryl methyl sites for hydroxylation is 2. The molecule has 136 valence electrons. The lowest BCUT2D eigenvalue weighted by atomic mass is 10.1. The highest BCUT2D eigenvalue weighted by molar-refractivity contribution is 8.00. The Balaban J connectivity index is 1.29. The summed E-state index contributed by atoms with van der Waals surface area (Å²) in [6.07, 6.45) is 5.41. The number of anilines is 2.